The molecule has 0 radical (unpaired) electrons. The van der Waals surface area contributed by atoms with Crippen LogP contribution in [0.25, 0.3) is 22.4 Å². The first-order valence-electron chi connectivity index (χ1n) is 9.19. The molecule has 0 fully saturated rings. The van der Waals surface area contributed by atoms with Gasteiger partial charge in [-0.05, 0) is 29.8 Å². The van der Waals surface area contributed by atoms with Crippen molar-refractivity contribution in [1.82, 2.24) is 5.16 Å². The third kappa shape index (κ3) is 4.20. The maximum atomic E-state index is 12.2. The van der Waals surface area contributed by atoms with Crippen LogP contribution >= 0.6 is 11.6 Å². The molecule has 1 heterocycles. The topological polar surface area (TPSA) is 91.1 Å². The highest BCUT2D eigenvalue weighted by molar-refractivity contribution is 6.30. The van der Waals surface area contributed by atoms with Gasteiger partial charge in [-0.3, -0.25) is 9.59 Å². The Morgan fingerprint density at radius 3 is 1.90 bits per heavy atom. The molecule has 0 saturated carbocycles. The number of nitrogens with zero attached hydrogens (tertiary/aromatic N) is 2. The van der Waals surface area contributed by atoms with Gasteiger partial charge >= 0.3 is 0 Å². The van der Waals surface area contributed by atoms with E-state index in [1.165, 1.54) is 35.2 Å². The average molecular weight is 445 g/mol. The summed E-state index contributed by atoms with van der Waals surface area (Å²) in [5.74, 6) is 0.244. The van der Waals surface area contributed by atoms with Gasteiger partial charge in [-0.25, -0.2) is 4.90 Å². The van der Waals surface area contributed by atoms with Gasteiger partial charge in [0.25, 0.3) is 0 Å². The number of benzene rings is 2. The number of aromatic nitrogens is 1. The SMILES string of the molecule is COc1cc(-c2noc(N(C(C)=O)C(C)=O)c2-c2ccc(Cl)cc2)cc(OC)c1OC. The molecule has 1 aromatic heterocycles. The molecule has 3 rings (SSSR count). The zero-order valence-electron chi connectivity index (χ0n) is 17.7. The van der Waals surface area contributed by atoms with Crippen molar-refractivity contribution in [2.24, 2.45) is 0 Å². The van der Waals surface area contributed by atoms with Crippen LogP contribution in [-0.4, -0.2) is 38.3 Å². The second kappa shape index (κ2) is 9.09. The Balaban J connectivity index is 2.33. The first kappa shape index (κ1) is 22.2. The molecule has 0 aliphatic carbocycles. The van der Waals surface area contributed by atoms with Gasteiger partial charge in [-0.2, -0.15) is 0 Å². The fraction of sp³-hybridized carbons (Fsp3) is 0.227. The zero-order valence-corrected chi connectivity index (χ0v) is 18.4. The number of hydrogen-bond acceptors (Lipinski definition) is 7. The molecule has 9 heteroatoms. The lowest BCUT2D eigenvalue weighted by Crippen LogP contribution is -2.33. The van der Waals surface area contributed by atoms with E-state index in [2.05, 4.69) is 5.16 Å². The molecule has 0 bridgehead atoms. The largest absolute Gasteiger partial charge is 0.493 e. The molecule has 0 unspecified atom stereocenters. The molecule has 0 aliphatic rings. The number of halogens is 1. The fourth-order valence-corrected chi connectivity index (χ4v) is 3.36. The Morgan fingerprint density at radius 1 is 0.903 bits per heavy atom. The summed E-state index contributed by atoms with van der Waals surface area (Å²) in [6.07, 6.45) is 0. The third-order valence-corrected chi connectivity index (χ3v) is 4.83. The van der Waals surface area contributed by atoms with E-state index in [-0.39, 0.29) is 5.88 Å². The lowest BCUT2D eigenvalue weighted by molar-refractivity contribution is -0.124. The molecule has 0 N–H and O–H groups in total. The van der Waals surface area contributed by atoms with E-state index in [4.69, 9.17) is 30.3 Å². The molecule has 8 nitrogen and oxygen atoms in total. The molecule has 162 valence electrons. The number of rotatable bonds is 6. The Hall–Kier alpha value is -3.52. The van der Waals surface area contributed by atoms with Gasteiger partial charge in [0.15, 0.2) is 11.5 Å². The molecule has 0 atom stereocenters. The van der Waals surface area contributed by atoms with Crippen LogP contribution in [0.2, 0.25) is 5.02 Å². The first-order valence-corrected chi connectivity index (χ1v) is 9.57. The molecule has 0 aliphatic heterocycles. The molecular weight excluding hydrogens is 424 g/mol. The minimum absolute atomic E-state index is 0.00562. The van der Waals surface area contributed by atoms with Crippen LogP contribution in [0, 0.1) is 0 Å². The van der Waals surface area contributed by atoms with E-state index in [1.807, 2.05) is 0 Å². The zero-order chi connectivity index (χ0) is 22.7. The van der Waals surface area contributed by atoms with Gasteiger partial charge in [0, 0.05) is 24.4 Å². The van der Waals surface area contributed by atoms with E-state index in [1.54, 1.807) is 36.4 Å². The van der Waals surface area contributed by atoms with Crippen molar-refractivity contribution in [3.8, 4) is 39.6 Å². The summed E-state index contributed by atoms with van der Waals surface area (Å²) >= 11 is 6.04. The summed E-state index contributed by atoms with van der Waals surface area (Å²) in [6, 6.07) is 10.3. The monoisotopic (exact) mass is 444 g/mol. The van der Waals surface area contributed by atoms with Crippen LogP contribution in [-0.2, 0) is 9.59 Å². The third-order valence-electron chi connectivity index (χ3n) is 4.58. The first-order chi connectivity index (χ1) is 14.8. The highest BCUT2D eigenvalue weighted by Gasteiger charge is 2.30. The van der Waals surface area contributed by atoms with Gasteiger partial charge in [0.05, 0.1) is 26.9 Å². The van der Waals surface area contributed by atoms with E-state index in [9.17, 15) is 9.59 Å². The van der Waals surface area contributed by atoms with Crippen molar-refractivity contribution in [3.05, 3.63) is 41.4 Å². The maximum Gasteiger partial charge on any atom is 0.249 e. The van der Waals surface area contributed by atoms with Crippen LogP contribution in [0.3, 0.4) is 0 Å². The van der Waals surface area contributed by atoms with Crippen molar-refractivity contribution in [2.75, 3.05) is 26.2 Å². The van der Waals surface area contributed by atoms with Crippen LogP contribution in [0.5, 0.6) is 17.2 Å². The Labute approximate surface area is 184 Å². The Morgan fingerprint density at radius 2 is 1.45 bits per heavy atom. The van der Waals surface area contributed by atoms with Crippen LogP contribution in [0.4, 0.5) is 5.88 Å². The quantitative estimate of drug-likeness (QED) is 0.549. The van der Waals surface area contributed by atoms with Crippen molar-refractivity contribution in [3.63, 3.8) is 0 Å². The molecule has 0 saturated heterocycles. The second-order valence-corrected chi connectivity index (χ2v) is 6.94. The number of anilines is 1. The lowest BCUT2D eigenvalue weighted by atomic mass is 9.99. The van der Waals surface area contributed by atoms with Crippen LogP contribution < -0.4 is 19.1 Å². The molecular formula is C22H21ClN2O6. The molecule has 0 spiro atoms. The van der Waals surface area contributed by atoms with E-state index < -0.39 is 11.8 Å². The van der Waals surface area contributed by atoms with E-state index in [0.717, 1.165) is 4.90 Å². The number of amides is 2. The van der Waals surface area contributed by atoms with Gasteiger partial charge in [-0.1, -0.05) is 28.9 Å². The lowest BCUT2D eigenvalue weighted by Gasteiger charge is -2.16. The summed E-state index contributed by atoms with van der Waals surface area (Å²) in [7, 11) is 4.51. The standard InChI is InChI=1S/C22H21ClN2O6/c1-12(26)25(13(2)27)22-19(14-6-8-16(23)9-7-14)20(24-31-22)15-10-17(28-3)21(30-5)18(11-15)29-4/h6-11H,1-5H3. The summed E-state index contributed by atoms with van der Waals surface area (Å²) < 4.78 is 21.8. The fourth-order valence-electron chi connectivity index (χ4n) is 3.23. The van der Waals surface area contributed by atoms with Gasteiger partial charge < -0.3 is 18.7 Å². The number of carbonyl (C=O) groups excluding carboxylic acids is 2. The minimum atomic E-state index is -0.504. The van der Waals surface area contributed by atoms with Gasteiger partial charge in [0.1, 0.15) is 5.69 Å². The molecule has 2 amide bonds. The normalized spacial score (nSPS) is 10.5. The maximum absolute atomic E-state index is 12.2. The Kier molecular flexibility index (Phi) is 6.50. The number of hydrogen-bond donors (Lipinski definition) is 0. The smallest absolute Gasteiger partial charge is 0.249 e. The van der Waals surface area contributed by atoms with Crippen LogP contribution in [0.1, 0.15) is 13.8 Å². The second-order valence-electron chi connectivity index (χ2n) is 6.51. The molecule has 31 heavy (non-hydrogen) atoms. The number of imide groups is 1. The molecule has 2 aromatic carbocycles. The van der Waals surface area contributed by atoms with E-state index in [0.29, 0.717) is 44.7 Å². The predicted octanol–water partition coefficient (Wildman–Crippen LogP) is 4.59. The molecule has 3 aromatic rings. The van der Waals surface area contributed by atoms with Crippen molar-refractivity contribution >= 4 is 29.3 Å². The highest BCUT2D eigenvalue weighted by Crippen LogP contribution is 2.45. The summed E-state index contributed by atoms with van der Waals surface area (Å²) in [4.78, 5) is 25.3. The average Bonchev–Trinajstić information content (AvgIpc) is 3.16. The minimum Gasteiger partial charge on any atom is -0.493 e. The van der Waals surface area contributed by atoms with Crippen LogP contribution in [0.15, 0.2) is 40.9 Å². The van der Waals surface area contributed by atoms with E-state index >= 15 is 0 Å². The number of ether oxygens (including phenoxy) is 3. The predicted molar refractivity (Wildman–Crippen MR) is 116 cm³/mol. The van der Waals surface area contributed by atoms with Gasteiger partial charge in [-0.15, -0.1) is 0 Å². The van der Waals surface area contributed by atoms with Crippen molar-refractivity contribution in [1.29, 1.82) is 0 Å². The number of methoxy groups -OCH3 is 3. The summed E-state index contributed by atoms with van der Waals surface area (Å²) in [6.45, 7) is 2.54. The highest BCUT2D eigenvalue weighted by atomic mass is 35.5. The summed E-state index contributed by atoms with van der Waals surface area (Å²) in [5.41, 5.74) is 2.04. The van der Waals surface area contributed by atoms with Crippen molar-refractivity contribution < 1.29 is 28.3 Å². The van der Waals surface area contributed by atoms with Gasteiger partial charge in [0.2, 0.25) is 23.4 Å². The summed E-state index contributed by atoms with van der Waals surface area (Å²) in [5, 5.41) is 4.70. The Bertz CT molecular complexity index is 1080. The number of carbonyl (C=O) groups is 2. The van der Waals surface area contributed by atoms with Crippen molar-refractivity contribution in [2.45, 2.75) is 13.8 Å².